The Balaban J connectivity index is 2.40. The molecule has 2 aromatic rings. The van der Waals surface area contributed by atoms with E-state index in [1.54, 1.807) is 36.7 Å². The molecule has 2 heterocycles. The Labute approximate surface area is 180 Å². The summed E-state index contributed by atoms with van der Waals surface area (Å²) in [5.74, 6) is -0.0802. The maximum Gasteiger partial charge on any atom is 0.254 e. The molecule has 2 aromatic heterocycles. The van der Waals surface area contributed by atoms with Gasteiger partial charge in [-0.15, -0.1) is 0 Å². The molecule has 2 rings (SSSR count). The minimum Gasteiger partial charge on any atom is -0.334 e. The Morgan fingerprint density at radius 1 is 0.633 bits per heavy atom. The molecule has 6 heteroatoms. The van der Waals surface area contributed by atoms with Crippen molar-refractivity contribution in [2.24, 2.45) is 0 Å². The van der Waals surface area contributed by atoms with E-state index in [1.807, 2.05) is 65.2 Å². The largest absolute Gasteiger partial charge is 0.334 e. The molecule has 0 saturated heterocycles. The molecule has 0 saturated carbocycles. The van der Waals surface area contributed by atoms with Crippen LogP contribution in [0.15, 0.2) is 36.7 Å². The third kappa shape index (κ3) is 5.23. The van der Waals surface area contributed by atoms with Crippen molar-refractivity contribution in [3.05, 3.63) is 47.8 Å². The van der Waals surface area contributed by atoms with Gasteiger partial charge in [-0.2, -0.15) is 0 Å². The average molecular weight is 411 g/mol. The molecule has 0 aliphatic carbocycles. The first kappa shape index (κ1) is 23.5. The Hall–Kier alpha value is -2.76. The fourth-order valence-corrected chi connectivity index (χ4v) is 3.84. The molecule has 0 atom stereocenters. The van der Waals surface area contributed by atoms with Gasteiger partial charge in [0.05, 0.1) is 11.4 Å². The maximum absolute atomic E-state index is 13.0. The third-order valence-electron chi connectivity index (χ3n) is 4.97. The lowest BCUT2D eigenvalue weighted by Gasteiger charge is -2.31. The average Bonchev–Trinajstić information content (AvgIpc) is 2.67. The minimum atomic E-state index is -0.0401. The summed E-state index contributed by atoms with van der Waals surface area (Å²) in [6, 6.07) is 7.30. The van der Waals surface area contributed by atoms with Gasteiger partial charge in [0, 0.05) is 47.7 Å². The van der Waals surface area contributed by atoms with Crippen LogP contribution in [0.4, 0.5) is 0 Å². The van der Waals surface area contributed by atoms with Crippen LogP contribution in [0.2, 0.25) is 0 Å². The Bertz CT molecular complexity index is 801. The monoisotopic (exact) mass is 410 g/mol. The topological polar surface area (TPSA) is 66.4 Å². The highest BCUT2D eigenvalue weighted by molar-refractivity contribution is 5.96. The third-order valence-corrected chi connectivity index (χ3v) is 4.97. The predicted octanol–water partition coefficient (Wildman–Crippen LogP) is 4.66. The Kier molecular flexibility index (Phi) is 7.71. The van der Waals surface area contributed by atoms with Crippen LogP contribution < -0.4 is 0 Å². The van der Waals surface area contributed by atoms with Crippen molar-refractivity contribution in [1.82, 2.24) is 19.8 Å². The number of hydrogen-bond donors (Lipinski definition) is 0. The van der Waals surface area contributed by atoms with Crippen LogP contribution in [0.25, 0.3) is 11.4 Å². The molecular formula is C24H34N4O2. The highest BCUT2D eigenvalue weighted by Gasteiger charge is 2.24. The van der Waals surface area contributed by atoms with Crippen LogP contribution in [0.5, 0.6) is 0 Å². The number of amides is 2. The predicted molar refractivity (Wildman–Crippen MR) is 120 cm³/mol. The van der Waals surface area contributed by atoms with Gasteiger partial charge in [0.25, 0.3) is 11.8 Å². The summed E-state index contributed by atoms with van der Waals surface area (Å²) in [6.45, 7) is 16.0. The summed E-state index contributed by atoms with van der Waals surface area (Å²) in [5.41, 5.74) is 2.27. The lowest BCUT2D eigenvalue weighted by atomic mass is 10.1. The summed E-state index contributed by atoms with van der Waals surface area (Å²) >= 11 is 0. The fraction of sp³-hybridized carbons (Fsp3) is 0.500. The summed E-state index contributed by atoms with van der Waals surface area (Å²) in [7, 11) is 0. The number of aromatic nitrogens is 2. The Morgan fingerprint density at radius 3 is 1.20 bits per heavy atom. The first-order chi connectivity index (χ1) is 14.0. The van der Waals surface area contributed by atoms with E-state index >= 15 is 0 Å². The summed E-state index contributed by atoms with van der Waals surface area (Å²) in [6.07, 6.45) is 3.23. The van der Waals surface area contributed by atoms with Crippen molar-refractivity contribution in [3.63, 3.8) is 0 Å². The minimum absolute atomic E-state index is 0.0401. The molecule has 30 heavy (non-hydrogen) atoms. The number of carbonyl (C=O) groups excluding carboxylic acids is 2. The number of rotatable bonds is 7. The fourth-order valence-electron chi connectivity index (χ4n) is 3.84. The summed E-state index contributed by atoms with van der Waals surface area (Å²) in [4.78, 5) is 38.6. The SMILES string of the molecule is CC(C)N(C(=O)c1ccnc(-c2cc(C(=O)N(C(C)C)C(C)C)ccn2)c1)C(C)C. The molecule has 0 bridgehead atoms. The van der Waals surface area contributed by atoms with Gasteiger partial charge in [-0.25, -0.2) is 0 Å². The van der Waals surface area contributed by atoms with E-state index in [-0.39, 0.29) is 36.0 Å². The molecule has 0 radical (unpaired) electrons. The van der Waals surface area contributed by atoms with Gasteiger partial charge in [0.1, 0.15) is 0 Å². The summed E-state index contributed by atoms with van der Waals surface area (Å²) < 4.78 is 0. The molecule has 0 fully saturated rings. The quantitative estimate of drug-likeness (QED) is 0.666. The standard InChI is InChI=1S/C24H34N4O2/c1-15(2)27(16(3)4)23(29)19-9-11-25-21(13-19)22-14-20(10-12-26-22)24(30)28(17(5)6)18(7)8/h9-18H,1-8H3. The highest BCUT2D eigenvalue weighted by atomic mass is 16.2. The van der Waals surface area contributed by atoms with Gasteiger partial charge in [-0.1, -0.05) is 0 Å². The smallest absolute Gasteiger partial charge is 0.254 e. The van der Waals surface area contributed by atoms with Crippen molar-refractivity contribution in [2.45, 2.75) is 79.6 Å². The van der Waals surface area contributed by atoms with Gasteiger partial charge < -0.3 is 9.80 Å². The van der Waals surface area contributed by atoms with Gasteiger partial charge in [0.2, 0.25) is 0 Å². The van der Waals surface area contributed by atoms with Gasteiger partial charge in [0.15, 0.2) is 0 Å². The van der Waals surface area contributed by atoms with Crippen LogP contribution in [0, 0.1) is 0 Å². The molecule has 0 aromatic carbocycles. The first-order valence-corrected chi connectivity index (χ1v) is 10.6. The maximum atomic E-state index is 13.0. The second-order valence-electron chi connectivity index (χ2n) is 8.66. The highest BCUT2D eigenvalue weighted by Crippen LogP contribution is 2.21. The zero-order valence-corrected chi connectivity index (χ0v) is 19.4. The second kappa shape index (κ2) is 9.83. The van der Waals surface area contributed by atoms with Crippen molar-refractivity contribution < 1.29 is 9.59 Å². The van der Waals surface area contributed by atoms with Crippen molar-refractivity contribution in [2.75, 3.05) is 0 Å². The zero-order chi connectivity index (χ0) is 22.6. The molecule has 6 nitrogen and oxygen atoms in total. The molecule has 0 aliphatic rings. The number of hydrogen-bond acceptors (Lipinski definition) is 4. The number of nitrogens with zero attached hydrogens (tertiary/aromatic N) is 4. The van der Waals surface area contributed by atoms with E-state index in [0.29, 0.717) is 22.5 Å². The van der Waals surface area contributed by atoms with E-state index < -0.39 is 0 Å². The summed E-state index contributed by atoms with van der Waals surface area (Å²) in [5, 5.41) is 0. The molecule has 0 N–H and O–H groups in total. The van der Waals surface area contributed by atoms with Crippen molar-refractivity contribution in [3.8, 4) is 11.4 Å². The Morgan fingerprint density at radius 2 is 0.933 bits per heavy atom. The molecule has 0 spiro atoms. The van der Waals surface area contributed by atoms with Gasteiger partial charge >= 0.3 is 0 Å². The van der Waals surface area contributed by atoms with Gasteiger partial charge in [-0.3, -0.25) is 19.6 Å². The second-order valence-corrected chi connectivity index (χ2v) is 8.66. The molecular weight excluding hydrogens is 376 g/mol. The van der Waals surface area contributed by atoms with E-state index in [2.05, 4.69) is 9.97 Å². The normalized spacial score (nSPS) is 11.5. The van der Waals surface area contributed by atoms with E-state index in [9.17, 15) is 9.59 Å². The molecule has 2 amide bonds. The first-order valence-electron chi connectivity index (χ1n) is 10.6. The van der Waals surface area contributed by atoms with Crippen LogP contribution >= 0.6 is 0 Å². The molecule has 162 valence electrons. The van der Waals surface area contributed by atoms with E-state index in [1.165, 1.54) is 0 Å². The van der Waals surface area contributed by atoms with Crippen LogP contribution in [0.3, 0.4) is 0 Å². The van der Waals surface area contributed by atoms with Crippen LogP contribution in [-0.4, -0.2) is 55.7 Å². The van der Waals surface area contributed by atoms with Crippen LogP contribution in [0.1, 0.15) is 76.1 Å². The van der Waals surface area contributed by atoms with E-state index in [0.717, 1.165) is 0 Å². The molecule has 0 unspecified atom stereocenters. The number of pyridine rings is 2. The lowest BCUT2D eigenvalue weighted by molar-refractivity contribution is 0.0634. The van der Waals surface area contributed by atoms with Crippen LogP contribution in [-0.2, 0) is 0 Å². The lowest BCUT2D eigenvalue weighted by Crippen LogP contribution is -2.42. The van der Waals surface area contributed by atoms with E-state index in [4.69, 9.17) is 0 Å². The molecule has 0 aliphatic heterocycles. The van der Waals surface area contributed by atoms with Gasteiger partial charge in [-0.05, 0) is 79.7 Å². The van der Waals surface area contributed by atoms with Crippen molar-refractivity contribution in [1.29, 1.82) is 0 Å². The number of carbonyl (C=O) groups is 2. The zero-order valence-electron chi connectivity index (χ0n) is 19.4. The van der Waals surface area contributed by atoms with Crippen molar-refractivity contribution >= 4 is 11.8 Å².